The zero-order valence-corrected chi connectivity index (χ0v) is 7.90. The molecule has 4 nitrogen and oxygen atoms in total. The van der Waals surface area contributed by atoms with E-state index in [9.17, 15) is 0 Å². The van der Waals surface area contributed by atoms with Crippen molar-refractivity contribution in [3.8, 4) is 17.2 Å². The van der Waals surface area contributed by atoms with E-state index in [1.807, 2.05) is 6.07 Å². The second kappa shape index (κ2) is 3.75. The molecule has 0 bridgehead atoms. The van der Waals surface area contributed by atoms with Gasteiger partial charge in [0, 0.05) is 6.07 Å². The van der Waals surface area contributed by atoms with Crippen molar-refractivity contribution >= 4 is 0 Å². The maximum atomic E-state index is 8.91. The Kier molecular flexibility index (Phi) is 2.45. The van der Waals surface area contributed by atoms with Crippen LogP contribution in [-0.4, -0.2) is 31.5 Å². The van der Waals surface area contributed by atoms with Crippen molar-refractivity contribution in [3.63, 3.8) is 0 Å². The van der Waals surface area contributed by atoms with E-state index in [4.69, 9.17) is 19.3 Å². The summed E-state index contributed by atoms with van der Waals surface area (Å²) in [5.41, 5.74) is 0. The number of aliphatic hydroxyl groups is 1. The topological polar surface area (TPSA) is 47.9 Å². The zero-order chi connectivity index (χ0) is 9.97. The van der Waals surface area contributed by atoms with Crippen LogP contribution in [0.2, 0.25) is 0 Å². The van der Waals surface area contributed by atoms with Gasteiger partial charge in [-0.3, -0.25) is 0 Å². The lowest BCUT2D eigenvalue weighted by Gasteiger charge is -2.25. The number of fused-ring (bicyclic) bond motifs is 1. The molecule has 4 heteroatoms. The number of aliphatic hydroxyl groups excluding tert-OH is 1. The minimum atomic E-state index is -0.283. The fraction of sp³-hybridized carbons (Fsp3) is 0.400. The third-order valence-corrected chi connectivity index (χ3v) is 2.07. The Hall–Kier alpha value is -1.42. The van der Waals surface area contributed by atoms with Crippen LogP contribution in [0.5, 0.6) is 17.2 Å². The molecule has 0 saturated carbocycles. The molecule has 0 aromatic heterocycles. The smallest absolute Gasteiger partial charge is 0.165 e. The van der Waals surface area contributed by atoms with Crippen molar-refractivity contribution < 1.29 is 19.3 Å². The van der Waals surface area contributed by atoms with Gasteiger partial charge < -0.3 is 19.3 Å². The van der Waals surface area contributed by atoms with Gasteiger partial charge in [0.15, 0.2) is 17.6 Å². The molecule has 1 heterocycles. The Morgan fingerprint density at radius 2 is 2.36 bits per heavy atom. The van der Waals surface area contributed by atoms with Gasteiger partial charge in [-0.25, -0.2) is 0 Å². The summed E-state index contributed by atoms with van der Waals surface area (Å²) < 4.78 is 15.9. The normalized spacial score (nSPS) is 19.1. The lowest BCUT2D eigenvalue weighted by atomic mass is 10.2. The van der Waals surface area contributed by atoms with E-state index in [0.29, 0.717) is 23.9 Å². The Labute approximate surface area is 82.0 Å². The Morgan fingerprint density at radius 3 is 3.07 bits per heavy atom. The van der Waals surface area contributed by atoms with E-state index in [1.54, 1.807) is 19.2 Å². The summed E-state index contributed by atoms with van der Waals surface area (Å²) in [7, 11) is 1.59. The molecule has 0 saturated heterocycles. The first kappa shape index (κ1) is 9.15. The van der Waals surface area contributed by atoms with Gasteiger partial charge in [-0.05, 0) is 12.1 Å². The van der Waals surface area contributed by atoms with Gasteiger partial charge in [-0.2, -0.15) is 0 Å². The molecule has 1 atom stereocenters. The zero-order valence-electron chi connectivity index (χ0n) is 7.90. The molecule has 0 amide bonds. The number of benzene rings is 1. The highest BCUT2D eigenvalue weighted by Crippen LogP contribution is 2.34. The summed E-state index contributed by atoms with van der Waals surface area (Å²) >= 11 is 0. The SMILES string of the molecule is COc1ccc2c(c1)O[C@@H](CO)CO2. The highest BCUT2D eigenvalue weighted by Gasteiger charge is 2.20. The van der Waals surface area contributed by atoms with Crippen LogP contribution in [0.1, 0.15) is 0 Å². The highest BCUT2D eigenvalue weighted by atomic mass is 16.6. The maximum Gasteiger partial charge on any atom is 0.165 e. The summed E-state index contributed by atoms with van der Waals surface area (Å²) in [5, 5.41) is 8.91. The molecular formula is C10H12O4. The van der Waals surface area contributed by atoms with Crippen LogP contribution in [0.3, 0.4) is 0 Å². The van der Waals surface area contributed by atoms with Gasteiger partial charge in [0.25, 0.3) is 0 Å². The van der Waals surface area contributed by atoms with E-state index in [0.717, 1.165) is 0 Å². The molecule has 1 aromatic carbocycles. The summed E-state index contributed by atoms with van der Waals surface area (Å²) in [6.07, 6.45) is -0.283. The average Bonchev–Trinajstić information content (AvgIpc) is 2.27. The van der Waals surface area contributed by atoms with E-state index >= 15 is 0 Å². The van der Waals surface area contributed by atoms with Gasteiger partial charge in [0.05, 0.1) is 13.7 Å². The number of ether oxygens (including phenoxy) is 3. The van der Waals surface area contributed by atoms with Crippen molar-refractivity contribution in [2.24, 2.45) is 0 Å². The number of hydrogen-bond acceptors (Lipinski definition) is 4. The van der Waals surface area contributed by atoms with Crippen molar-refractivity contribution in [1.82, 2.24) is 0 Å². The van der Waals surface area contributed by atoms with E-state index in [1.165, 1.54) is 0 Å². The highest BCUT2D eigenvalue weighted by molar-refractivity contribution is 5.46. The first-order valence-corrected chi connectivity index (χ1v) is 4.42. The molecule has 1 N–H and O–H groups in total. The van der Waals surface area contributed by atoms with Crippen LogP contribution >= 0.6 is 0 Å². The van der Waals surface area contributed by atoms with E-state index < -0.39 is 0 Å². The van der Waals surface area contributed by atoms with Gasteiger partial charge >= 0.3 is 0 Å². The van der Waals surface area contributed by atoms with Gasteiger partial charge in [-0.1, -0.05) is 0 Å². The van der Waals surface area contributed by atoms with Gasteiger partial charge in [0.2, 0.25) is 0 Å². The predicted molar refractivity (Wildman–Crippen MR) is 50.0 cm³/mol. The average molecular weight is 196 g/mol. The molecule has 2 rings (SSSR count). The van der Waals surface area contributed by atoms with Crippen LogP contribution in [0.15, 0.2) is 18.2 Å². The Balaban J connectivity index is 2.25. The van der Waals surface area contributed by atoms with Gasteiger partial charge in [-0.15, -0.1) is 0 Å². The molecule has 1 aromatic rings. The quantitative estimate of drug-likeness (QED) is 0.761. The molecular weight excluding hydrogens is 184 g/mol. The molecule has 1 aliphatic heterocycles. The second-order valence-electron chi connectivity index (χ2n) is 3.05. The molecule has 0 aliphatic carbocycles. The number of methoxy groups -OCH3 is 1. The molecule has 0 unspecified atom stereocenters. The van der Waals surface area contributed by atoms with E-state index in [-0.39, 0.29) is 12.7 Å². The van der Waals surface area contributed by atoms with Crippen LogP contribution < -0.4 is 14.2 Å². The van der Waals surface area contributed by atoms with Crippen LogP contribution in [0, 0.1) is 0 Å². The van der Waals surface area contributed by atoms with Crippen molar-refractivity contribution in [2.75, 3.05) is 20.3 Å². The third kappa shape index (κ3) is 1.61. The third-order valence-electron chi connectivity index (χ3n) is 2.07. The fourth-order valence-corrected chi connectivity index (χ4v) is 1.31. The van der Waals surface area contributed by atoms with Gasteiger partial charge in [0.1, 0.15) is 12.4 Å². The lowest BCUT2D eigenvalue weighted by Crippen LogP contribution is -2.32. The summed E-state index contributed by atoms with van der Waals surface area (Å²) in [6.45, 7) is 0.340. The minimum absolute atomic E-state index is 0.0450. The summed E-state index contributed by atoms with van der Waals surface area (Å²) in [5.74, 6) is 2.02. The minimum Gasteiger partial charge on any atom is -0.497 e. The fourth-order valence-electron chi connectivity index (χ4n) is 1.31. The molecule has 0 spiro atoms. The predicted octanol–water partition coefficient (Wildman–Crippen LogP) is 0.827. The van der Waals surface area contributed by atoms with Crippen molar-refractivity contribution in [3.05, 3.63) is 18.2 Å². The molecule has 14 heavy (non-hydrogen) atoms. The lowest BCUT2D eigenvalue weighted by molar-refractivity contribution is 0.0454. The molecule has 76 valence electrons. The molecule has 0 radical (unpaired) electrons. The molecule has 0 fully saturated rings. The van der Waals surface area contributed by atoms with Crippen molar-refractivity contribution in [2.45, 2.75) is 6.10 Å². The molecule has 1 aliphatic rings. The standard InChI is InChI=1S/C10H12O4/c1-12-7-2-3-9-10(4-7)14-8(5-11)6-13-9/h2-4,8,11H,5-6H2,1H3/t8-/m0/s1. The maximum absolute atomic E-state index is 8.91. The van der Waals surface area contributed by atoms with Crippen LogP contribution in [0.4, 0.5) is 0 Å². The second-order valence-corrected chi connectivity index (χ2v) is 3.05. The monoisotopic (exact) mass is 196 g/mol. The first-order chi connectivity index (χ1) is 6.83. The first-order valence-electron chi connectivity index (χ1n) is 4.42. The van der Waals surface area contributed by atoms with Crippen molar-refractivity contribution in [1.29, 1.82) is 0 Å². The summed E-state index contributed by atoms with van der Waals surface area (Å²) in [4.78, 5) is 0. The largest absolute Gasteiger partial charge is 0.497 e. The number of hydrogen-bond donors (Lipinski definition) is 1. The Bertz CT molecular complexity index is 324. The van der Waals surface area contributed by atoms with E-state index in [2.05, 4.69) is 0 Å². The number of rotatable bonds is 2. The summed E-state index contributed by atoms with van der Waals surface area (Å²) in [6, 6.07) is 5.35. The van der Waals surface area contributed by atoms with Crippen LogP contribution in [0.25, 0.3) is 0 Å². The Morgan fingerprint density at radius 1 is 1.50 bits per heavy atom. The van der Waals surface area contributed by atoms with Crippen LogP contribution in [-0.2, 0) is 0 Å².